The number of nitrogens with zero attached hydrogens (tertiary/aromatic N) is 1. The SMILES string of the molecule is Cc1nc(NC(=O)Cc2ccc3ccccc3c2)oc1C. The van der Waals surface area contributed by atoms with Crippen LogP contribution >= 0.6 is 0 Å². The Balaban J connectivity index is 1.73. The Morgan fingerprint density at radius 2 is 1.90 bits per heavy atom. The zero-order valence-electron chi connectivity index (χ0n) is 12.0. The van der Waals surface area contributed by atoms with Crippen molar-refractivity contribution in [1.29, 1.82) is 0 Å². The van der Waals surface area contributed by atoms with Gasteiger partial charge in [0.1, 0.15) is 5.76 Å². The molecule has 21 heavy (non-hydrogen) atoms. The fourth-order valence-electron chi connectivity index (χ4n) is 2.22. The molecule has 1 N–H and O–H groups in total. The minimum Gasteiger partial charge on any atom is -0.428 e. The van der Waals surface area contributed by atoms with Gasteiger partial charge >= 0.3 is 6.01 Å². The van der Waals surface area contributed by atoms with Gasteiger partial charge in [-0.05, 0) is 30.2 Å². The quantitative estimate of drug-likeness (QED) is 0.797. The Labute approximate surface area is 122 Å². The normalized spacial score (nSPS) is 10.8. The highest BCUT2D eigenvalue weighted by molar-refractivity contribution is 5.91. The molecule has 1 amide bonds. The molecule has 0 atom stereocenters. The van der Waals surface area contributed by atoms with E-state index in [1.807, 2.05) is 50.2 Å². The van der Waals surface area contributed by atoms with Crippen LogP contribution in [0, 0.1) is 13.8 Å². The maximum atomic E-state index is 12.0. The Kier molecular flexibility index (Phi) is 3.44. The fraction of sp³-hybridized carbons (Fsp3) is 0.176. The van der Waals surface area contributed by atoms with Gasteiger partial charge in [0.05, 0.1) is 12.1 Å². The zero-order valence-corrected chi connectivity index (χ0v) is 12.0. The molecule has 0 saturated heterocycles. The Morgan fingerprint density at radius 3 is 2.62 bits per heavy atom. The van der Waals surface area contributed by atoms with Crippen LogP contribution < -0.4 is 5.32 Å². The number of rotatable bonds is 3. The number of aromatic nitrogens is 1. The van der Waals surface area contributed by atoms with Crippen LogP contribution in [0.4, 0.5) is 6.01 Å². The lowest BCUT2D eigenvalue weighted by atomic mass is 10.1. The molecular weight excluding hydrogens is 264 g/mol. The molecule has 4 heteroatoms. The van der Waals surface area contributed by atoms with Crippen molar-refractivity contribution >= 4 is 22.7 Å². The lowest BCUT2D eigenvalue weighted by molar-refractivity contribution is -0.115. The predicted octanol–water partition coefficient (Wildman–Crippen LogP) is 3.63. The molecule has 1 aromatic heterocycles. The maximum absolute atomic E-state index is 12.0. The van der Waals surface area contributed by atoms with Gasteiger partial charge in [-0.2, -0.15) is 4.98 Å². The number of amides is 1. The molecule has 3 aromatic rings. The van der Waals surface area contributed by atoms with Crippen molar-refractivity contribution in [2.75, 3.05) is 5.32 Å². The van der Waals surface area contributed by atoms with E-state index in [-0.39, 0.29) is 11.9 Å². The van der Waals surface area contributed by atoms with Crippen molar-refractivity contribution in [3.63, 3.8) is 0 Å². The number of anilines is 1. The van der Waals surface area contributed by atoms with Crippen molar-refractivity contribution in [3.8, 4) is 0 Å². The van der Waals surface area contributed by atoms with Crippen LogP contribution in [-0.4, -0.2) is 10.9 Å². The highest BCUT2D eigenvalue weighted by Crippen LogP contribution is 2.17. The van der Waals surface area contributed by atoms with Gasteiger partial charge in [-0.3, -0.25) is 10.1 Å². The van der Waals surface area contributed by atoms with Gasteiger partial charge in [0, 0.05) is 0 Å². The molecule has 3 rings (SSSR count). The summed E-state index contributed by atoms with van der Waals surface area (Å²) in [6.45, 7) is 3.67. The van der Waals surface area contributed by atoms with E-state index < -0.39 is 0 Å². The summed E-state index contributed by atoms with van der Waals surface area (Å²) in [7, 11) is 0. The Bertz CT molecular complexity index is 786. The summed E-state index contributed by atoms with van der Waals surface area (Å²) in [5.74, 6) is 0.586. The first-order valence-corrected chi connectivity index (χ1v) is 6.83. The Morgan fingerprint density at radius 1 is 1.14 bits per heavy atom. The van der Waals surface area contributed by atoms with Crippen LogP contribution in [0.5, 0.6) is 0 Å². The van der Waals surface area contributed by atoms with Gasteiger partial charge in [0.15, 0.2) is 0 Å². The van der Waals surface area contributed by atoms with Crippen molar-refractivity contribution in [1.82, 2.24) is 4.98 Å². The van der Waals surface area contributed by atoms with Gasteiger partial charge < -0.3 is 4.42 Å². The second kappa shape index (κ2) is 5.40. The maximum Gasteiger partial charge on any atom is 0.301 e. The van der Waals surface area contributed by atoms with Crippen LogP contribution in [0.3, 0.4) is 0 Å². The van der Waals surface area contributed by atoms with E-state index in [0.717, 1.165) is 22.4 Å². The van der Waals surface area contributed by atoms with Crippen LogP contribution in [0.2, 0.25) is 0 Å². The van der Waals surface area contributed by atoms with E-state index in [9.17, 15) is 4.79 Å². The summed E-state index contributed by atoms with van der Waals surface area (Å²) in [5.41, 5.74) is 1.75. The molecule has 0 aliphatic heterocycles. The molecule has 1 heterocycles. The summed E-state index contributed by atoms with van der Waals surface area (Å²) >= 11 is 0. The molecule has 106 valence electrons. The largest absolute Gasteiger partial charge is 0.428 e. The topological polar surface area (TPSA) is 55.1 Å². The zero-order chi connectivity index (χ0) is 14.8. The van der Waals surface area contributed by atoms with E-state index >= 15 is 0 Å². The molecule has 4 nitrogen and oxygen atoms in total. The highest BCUT2D eigenvalue weighted by atomic mass is 16.4. The van der Waals surface area contributed by atoms with Crippen molar-refractivity contribution < 1.29 is 9.21 Å². The molecule has 0 bridgehead atoms. The van der Waals surface area contributed by atoms with E-state index in [1.54, 1.807) is 0 Å². The summed E-state index contributed by atoms with van der Waals surface area (Å²) in [4.78, 5) is 16.2. The van der Waals surface area contributed by atoms with E-state index in [2.05, 4.69) is 16.4 Å². The number of hydrogen-bond acceptors (Lipinski definition) is 3. The summed E-state index contributed by atoms with van der Waals surface area (Å²) < 4.78 is 5.35. The standard InChI is InChI=1S/C17H16N2O2/c1-11-12(2)21-17(18-11)19-16(20)10-13-7-8-14-5-3-4-6-15(14)9-13/h3-9H,10H2,1-2H3,(H,18,19,20). The number of aryl methyl sites for hydroxylation is 2. The predicted molar refractivity (Wildman–Crippen MR) is 82.3 cm³/mol. The molecular formula is C17H16N2O2. The summed E-state index contributed by atoms with van der Waals surface area (Å²) in [6, 6.07) is 14.4. The van der Waals surface area contributed by atoms with Crippen LogP contribution in [0.15, 0.2) is 46.9 Å². The van der Waals surface area contributed by atoms with Gasteiger partial charge in [-0.25, -0.2) is 0 Å². The van der Waals surface area contributed by atoms with E-state index in [1.165, 1.54) is 5.39 Å². The molecule has 0 saturated carbocycles. The smallest absolute Gasteiger partial charge is 0.301 e. The first kappa shape index (κ1) is 13.4. The third-order valence-electron chi connectivity index (χ3n) is 3.45. The summed E-state index contributed by atoms with van der Waals surface area (Å²) in [6.07, 6.45) is 0.297. The van der Waals surface area contributed by atoms with Crippen molar-refractivity contribution in [3.05, 3.63) is 59.5 Å². The Hall–Kier alpha value is -2.62. The fourth-order valence-corrected chi connectivity index (χ4v) is 2.22. The first-order valence-electron chi connectivity index (χ1n) is 6.83. The third-order valence-corrected chi connectivity index (χ3v) is 3.45. The van der Waals surface area contributed by atoms with Crippen LogP contribution in [0.1, 0.15) is 17.0 Å². The molecule has 0 aliphatic rings. The third kappa shape index (κ3) is 2.94. The average Bonchev–Trinajstić information content (AvgIpc) is 2.77. The summed E-state index contributed by atoms with van der Waals surface area (Å²) in [5, 5.41) is 4.98. The van der Waals surface area contributed by atoms with Gasteiger partial charge in [0.25, 0.3) is 0 Å². The second-order valence-corrected chi connectivity index (χ2v) is 5.07. The number of hydrogen-bond donors (Lipinski definition) is 1. The molecule has 0 aliphatic carbocycles. The van der Waals surface area contributed by atoms with E-state index in [0.29, 0.717) is 6.42 Å². The monoisotopic (exact) mass is 280 g/mol. The number of benzene rings is 2. The lowest BCUT2D eigenvalue weighted by Crippen LogP contribution is -2.14. The van der Waals surface area contributed by atoms with Crippen LogP contribution in [-0.2, 0) is 11.2 Å². The first-order chi connectivity index (χ1) is 10.1. The number of carbonyl (C=O) groups is 1. The van der Waals surface area contributed by atoms with Crippen molar-refractivity contribution in [2.24, 2.45) is 0 Å². The molecule has 0 unspecified atom stereocenters. The molecule has 0 spiro atoms. The second-order valence-electron chi connectivity index (χ2n) is 5.07. The molecule has 0 fully saturated rings. The number of oxazole rings is 1. The van der Waals surface area contributed by atoms with Gasteiger partial charge in [-0.15, -0.1) is 0 Å². The highest BCUT2D eigenvalue weighted by Gasteiger charge is 2.10. The minimum atomic E-state index is -0.133. The average molecular weight is 280 g/mol. The van der Waals surface area contributed by atoms with E-state index in [4.69, 9.17) is 4.42 Å². The van der Waals surface area contributed by atoms with Crippen molar-refractivity contribution in [2.45, 2.75) is 20.3 Å². The molecule has 0 radical (unpaired) electrons. The number of fused-ring (bicyclic) bond motifs is 1. The van der Waals surface area contributed by atoms with Gasteiger partial charge in [0.2, 0.25) is 5.91 Å². The molecule has 2 aromatic carbocycles. The van der Waals surface area contributed by atoms with Crippen LogP contribution in [0.25, 0.3) is 10.8 Å². The van der Waals surface area contributed by atoms with Gasteiger partial charge in [-0.1, -0.05) is 42.5 Å². The lowest BCUT2D eigenvalue weighted by Gasteiger charge is -2.03. The number of carbonyl (C=O) groups excluding carboxylic acids is 1. The minimum absolute atomic E-state index is 0.133. The number of nitrogens with one attached hydrogen (secondary N) is 1.